The standard InChI is InChI=1S/C17H15IN2OS/c1-10-8-9-11(2)15-14(10)20(3)17(22-15)19-16(21)12-6-4-5-7-13(12)18/h4-9H,1-3H3. The van der Waals surface area contributed by atoms with Gasteiger partial charge in [0.1, 0.15) is 0 Å². The van der Waals surface area contributed by atoms with Crippen LogP contribution in [0.3, 0.4) is 0 Å². The molecule has 0 fully saturated rings. The van der Waals surface area contributed by atoms with Gasteiger partial charge in [0.15, 0.2) is 4.80 Å². The Hall–Kier alpha value is -1.47. The van der Waals surface area contributed by atoms with Crippen LogP contribution in [0.15, 0.2) is 41.4 Å². The zero-order valence-electron chi connectivity index (χ0n) is 12.6. The zero-order chi connectivity index (χ0) is 15.9. The van der Waals surface area contributed by atoms with Crippen LogP contribution in [0, 0.1) is 17.4 Å². The first-order valence-corrected chi connectivity index (χ1v) is 8.78. The van der Waals surface area contributed by atoms with Gasteiger partial charge in [-0.15, -0.1) is 0 Å². The SMILES string of the molecule is Cc1ccc(C)c2c1sc(=NC(=O)c1ccccc1I)n2C. The molecule has 5 heteroatoms. The molecule has 2 aromatic carbocycles. The van der Waals surface area contributed by atoms with Gasteiger partial charge in [-0.05, 0) is 59.7 Å². The van der Waals surface area contributed by atoms with Crippen molar-refractivity contribution in [3.63, 3.8) is 0 Å². The number of thiazole rings is 1. The second-order valence-electron chi connectivity index (χ2n) is 5.22. The van der Waals surface area contributed by atoms with Crippen molar-refractivity contribution in [2.75, 3.05) is 0 Å². The highest BCUT2D eigenvalue weighted by Crippen LogP contribution is 2.24. The van der Waals surface area contributed by atoms with Gasteiger partial charge in [-0.2, -0.15) is 4.99 Å². The van der Waals surface area contributed by atoms with E-state index in [1.165, 1.54) is 15.8 Å². The molecule has 0 N–H and O–H groups in total. The molecule has 0 spiro atoms. The average Bonchev–Trinajstić information content (AvgIpc) is 2.82. The maximum Gasteiger partial charge on any atom is 0.280 e. The van der Waals surface area contributed by atoms with Crippen molar-refractivity contribution in [1.29, 1.82) is 0 Å². The minimum Gasteiger partial charge on any atom is -0.319 e. The number of carbonyl (C=O) groups excluding carboxylic acids is 1. The van der Waals surface area contributed by atoms with Crippen LogP contribution in [0.4, 0.5) is 0 Å². The second kappa shape index (κ2) is 5.96. The summed E-state index contributed by atoms with van der Waals surface area (Å²) in [5.74, 6) is -0.192. The highest BCUT2D eigenvalue weighted by Gasteiger charge is 2.11. The van der Waals surface area contributed by atoms with Crippen LogP contribution in [0.25, 0.3) is 10.2 Å². The second-order valence-corrected chi connectivity index (χ2v) is 7.36. The molecule has 0 atom stereocenters. The van der Waals surface area contributed by atoms with E-state index in [-0.39, 0.29) is 5.91 Å². The van der Waals surface area contributed by atoms with Crippen molar-refractivity contribution in [1.82, 2.24) is 4.57 Å². The monoisotopic (exact) mass is 422 g/mol. The molecule has 0 aliphatic rings. The Morgan fingerprint density at radius 3 is 2.50 bits per heavy atom. The summed E-state index contributed by atoms with van der Waals surface area (Å²) in [4.78, 5) is 17.5. The minimum atomic E-state index is -0.192. The van der Waals surface area contributed by atoms with Gasteiger partial charge in [-0.1, -0.05) is 35.6 Å². The summed E-state index contributed by atoms with van der Waals surface area (Å²) in [6.07, 6.45) is 0. The maximum atomic E-state index is 12.5. The molecule has 1 aromatic heterocycles. The number of fused-ring (bicyclic) bond motifs is 1. The number of hydrogen-bond donors (Lipinski definition) is 0. The Kier molecular flexibility index (Phi) is 4.18. The summed E-state index contributed by atoms with van der Waals surface area (Å²) in [6.45, 7) is 4.17. The molecule has 3 aromatic rings. The van der Waals surface area contributed by atoms with Gasteiger partial charge in [0.2, 0.25) is 0 Å². The van der Waals surface area contributed by atoms with Crippen molar-refractivity contribution in [3.8, 4) is 0 Å². The van der Waals surface area contributed by atoms with Crippen LogP contribution in [0.1, 0.15) is 21.5 Å². The van der Waals surface area contributed by atoms with Crippen molar-refractivity contribution in [2.24, 2.45) is 12.0 Å². The van der Waals surface area contributed by atoms with Gasteiger partial charge in [0.25, 0.3) is 5.91 Å². The molecule has 0 aliphatic heterocycles. The number of nitrogens with zero attached hydrogens (tertiary/aromatic N) is 2. The van der Waals surface area contributed by atoms with Crippen LogP contribution in [0.5, 0.6) is 0 Å². The third-order valence-corrected chi connectivity index (χ3v) is 5.86. The fraction of sp³-hybridized carbons (Fsp3) is 0.176. The Morgan fingerprint density at radius 1 is 1.14 bits per heavy atom. The molecule has 0 aliphatic carbocycles. The van der Waals surface area contributed by atoms with Crippen LogP contribution < -0.4 is 4.80 Å². The van der Waals surface area contributed by atoms with E-state index in [1.54, 1.807) is 11.3 Å². The highest BCUT2D eigenvalue weighted by molar-refractivity contribution is 14.1. The number of benzene rings is 2. The molecular weight excluding hydrogens is 407 g/mol. The fourth-order valence-electron chi connectivity index (χ4n) is 2.45. The zero-order valence-corrected chi connectivity index (χ0v) is 15.5. The van der Waals surface area contributed by atoms with Gasteiger partial charge in [-0.25, -0.2) is 0 Å². The summed E-state index contributed by atoms with van der Waals surface area (Å²) in [5, 5.41) is 0. The maximum absolute atomic E-state index is 12.5. The number of amides is 1. The average molecular weight is 422 g/mol. The Bertz CT molecular complexity index is 953. The molecule has 0 bridgehead atoms. The summed E-state index contributed by atoms with van der Waals surface area (Å²) >= 11 is 3.73. The first-order chi connectivity index (χ1) is 10.5. The molecule has 22 heavy (non-hydrogen) atoms. The Balaban J connectivity index is 2.21. The van der Waals surface area contributed by atoms with Crippen molar-refractivity contribution < 1.29 is 4.79 Å². The molecule has 0 radical (unpaired) electrons. The normalized spacial score (nSPS) is 12.1. The predicted molar refractivity (Wildman–Crippen MR) is 99.3 cm³/mol. The van der Waals surface area contributed by atoms with E-state index in [4.69, 9.17) is 0 Å². The van der Waals surface area contributed by atoms with Gasteiger partial charge in [-0.3, -0.25) is 4.79 Å². The molecule has 0 saturated heterocycles. The number of aromatic nitrogens is 1. The van der Waals surface area contributed by atoms with Gasteiger partial charge in [0, 0.05) is 10.6 Å². The molecule has 1 amide bonds. The quantitative estimate of drug-likeness (QED) is 0.542. The van der Waals surface area contributed by atoms with E-state index < -0.39 is 0 Å². The lowest BCUT2D eigenvalue weighted by Crippen LogP contribution is -2.14. The van der Waals surface area contributed by atoms with E-state index >= 15 is 0 Å². The number of carbonyl (C=O) groups is 1. The molecule has 3 rings (SSSR count). The molecule has 112 valence electrons. The van der Waals surface area contributed by atoms with E-state index in [2.05, 4.69) is 53.6 Å². The third-order valence-electron chi connectivity index (χ3n) is 3.65. The molecule has 3 nitrogen and oxygen atoms in total. The lowest BCUT2D eigenvalue weighted by atomic mass is 10.1. The summed E-state index contributed by atoms with van der Waals surface area (Å²) < 4.78 is 4.12. The number of rotatable bonds is 1. The lowest BCUT2D eigenvalue weighted by molar-refractivity contribution is 0.0997. The Morgan fingerprint density at radius 2 is 1.82 bits per heavy atom. The van der Waals surface area contributed by atoms with Crippen LogP contribution in [0.2, 0.25) is 0 Å². The third kappa shape index (κ3) is 2.63. The first kappa shape index (κ1) is 15.4. The molecular formula is C17H15IN2OS. The number of aryl methyl sites for hydroxylation is 3. The van der Waals surface area contributed by atoms with Gasteiger partial charge < -0.3 is 4.57 Å². The lowest BCUT2D eigenvalue weighted by Gasteiger charge is -2.02. The van der Waals surface area contributed by atoms with Gasteiger partial charge >= 0.3 is 0 Å². The van der Waals surface area contributed by atoms with E-state index in [9.17, 15) is 4.79 Å². The highest BCUT2D eigenvalue weighted by atomic mass is 127. The molecule has 1 heterocycles. The predicted octanol–water partition coefficient (Wildman–Crippen LogP) is 4.20. The Labute approximate surface area is 146 Å². The number of halogens is 1. The largest absolute Gasteiger partial charge is 0.319 e. The topological polar surface area (TPSA) is 34.4 Å². The number of hydrogen-bond acceptors (Lipinski definition) is 2. The van der Waals surface area contributed by atoms with Crippen molar-refractivity contribution >= 4 is 50.1 Å². The minimum absolute atomic E-state index is 0.192. The van der Waals surface area contributed by atoms with Crippen LogP contribution in [-0.2, 0) is 7.05 Å². The van der Waals surface area contributed by atoms with Crippen LogP contribution >= 0.6 is 33.9 Å². The smallest absolute Gasteiger partial charge is 0.280 e. The van der Waals surface area contributed by atoms with E-state index in [0.717, 1.165) is 13.9 Å². The molecule has 0 unspecified atom stereocenters. The summed E-state index contributed by atoms with van der Waals surface area (Å²) in [7, 11) is 1.97. The van der Waals surface area contributed by atoms with E-state index in [0.29, 0.717) is 5.56 Å². The van der Waals surface area contributed by atoms with Crippen LogP contribution in [-0.4, -0.2) is 10.5 Å². The summed E-state index contributed by atoms with van der Waals surface area (Å²) in [5.41, 5.74) is 4.21. The molecule has 0 saturated carbocycles. The van der Waals surface area contributed by atoms with Crippen molar-refractivity contribution in [3.05, 3.63) is 61.5 Å². The first-order valence-electron chi connectivity index (χ1n) is 6.88. The summed E-state index contributed by atoms with van der Waals surface area (Å²) in [6, 6.07) is 11.7. The van der Waals surface area contributed by atoms with Crippen molar-refractivity contribution in [2.45, 2.75) is 13.8 Å². The van der Waals surface area contributed by atoms with E-state index in [1.807, 2.05) is 35.9 Å². The fourth-order valence-corrected chi connectivity index (χ4v) is 4.23. The van der Waals surface area contributed by atoms with Gasteiger partial charge in [0.05, 0.1) is 15.8 Å².